The van der Waals surface area contributed by atoms with Gasteiger partial charge in [-0.25, -0.2) is 0 Å². The number of ether oxygens (including phenoxy) is 1. The molecule has 2 rings (SSSR count). The maximum atomic E-state index is 12.6. The van der Waals surface area contributed by atoms with Crippen LogP contribution >= 0.6 is 0 Å². The summed E-state index contributed by atoms with van der Waals surface area (Å²) in [5.41, 5.74) is -1.98. The molecule has 112 valence electrons. The molecule has 2 aliphatic rings. The first-order chi connectivity index (χ1) is 9.14. The summed E-state index contributed by atoms with van der Waals surface area (Å²) < 4.78 is 5.24. The van der Waals surface area contributed by atoms with Crippen LogP contribution in [0.4, 0.5) is 0 Å². The summed E-state index contributed by atoms with van der Waals surface area (Å²) in [7, 11) is 0. The fourth-order valence-corrected chi connectivity index (χ4v) is 2.86. The Morgan fingerprint density at radius 1 is 1.40 bits per heavy atom. The fourth-order valence-electron chi connectivity index (χ4n) is 2.86. The normalized spacial score (nSPS) is 38.0. The molecule has 0 aliphatic carbocycles. The van der Waals surface area contributed by atoms with E-state index >= 15 is 0 Å². The number of rotatable bonds is 3. The summed E-state index contributed by atoms with van der Waals surface area (Å²) in [5, 5.41) is 9.39. The Morgan fingerprint density at radius 2 is 2.00 bits per heavy atom. The molecule has 0 aromatic heterocycles. The first kappa shape index (κ1) is 15.0. The van der Waals surface area contributed by atoms with E-state index in [0.29, 0.717) is 0 Å². The average Bonchev–Trinajstić information content (AvgIpc) is 2.81. The van der Waals surface area contributed by atoms with Crippen LogP contribution in [0.5, 0.6) is 0 Å². The lowest BCUT2D eigenvalue weighted by molar-refractivity contribution is -0.155. The summed E-state index contributed by atoms with van der Waals surface area (Å²) >= 11 is 0. The molecule has 0 spiro atoms. The third-order valence-corrected chi connectivity index (χ3v) is 4.98. The van der Waals surface area contributed by atoms with Gasteiger partial charge in [0, 0.05) is 6.42 Å². The van der Waals surface area contributed by atoms with Crippen molar-refractivity contribution in [2.75, 3.05) is 13.2 Å². The highest BCUT2D eigenvalue weighted by Gasteiger charge is 2.59. The van der Waals surface area contributed by atoms with Crippen molar-refractivity contribution in [1.82, 2.24) is 4.90 Å². The minimum atomic E-state index is -1.23. The second kappa shape index (κ2) is 4.55. The van der Waals surface area contributed by atoms with Crippen molar-refractivity contribution in [2.45, 2.75) is 40.2 Å². The topological polar surface area (TPSA) is 83.9 Å². The molecule has 0 bridgehead atoms. The Hall–Kier alpha value is -1.43. The number of carboxylic acid groups (broad SMARTS) is 1. The van der Waals surface area contributed by atoms with E-state index in [1.165, 1.54) is 6.92 Å². The average molecular weight is 283 g/mol. The van der Waals surface area contributed by atoms with Gasteiger partial charge in [-0.2, -0.15) is 0 Å². The summed E-state index contributed by atoms with van der Waals surface area (Å²) in [5.74, 6) is -1.60. The van der Waals surface area contributed by atoms with Gasteiger partial charge in [-0.15, -0.1) is 0 Å². The lowest BCUT2D eigenvalue weighted by Crippen LogP contribution is -2.53. The smallest absolute Gasteiger partial charge is 0.313 e. The van der Waals surface area contributed by atoms with Gasteiger partial charge in [0.05, 0.1) is 24.7 Å². The number of carbonyl (C=O) groups is 3. The summed E-state index contributed by atoms with van der Waals surface area (Å²) in [6.45, 7) is 7.20. The molecule has 20 heavy (non-hydrogen) atoms. The number of imide groups is 1. The summed E-state index contributed by atoms with van der Waals surface area (Å²) in [6, 6.07) is -0.722. The second-order valence-corrected chi connectivity index (χ2v) is 6.57. The molecule has 2 heterocycles. The van der Waals surface area contributed by atoms with E-state index in [9.17, 15) is 19.5 Å². The van der Waals surface area contributed by atoms with E-state index in [0.717, 1.165) is 4.90 Å². The van der Waals surface area contributed by atoms with Crippen LogP contribution in [0.25, 0.3) is 0 Å². The highest BCUT2D eigenvalue weighted by atomic mass is 16.5. The molecule has 6 nitrogen and oxygen atoms in total. The van der Waals surface area contributed by atoms with Crippen LogP contribution < -0.4 is 0 Å². The largest absolute Gasteiger partial charge is 0.481 e. The van der Waals surface area contributed by atoms with Gasteiger partial charge in [-0.05, 0) is 19.8 Å². The predicted molar refractivity (Wildman–Crippen MR) is 69.8 cm³/mol. The van der Waals surface area contributed by atoms with Crippen molar-refractivity contribution >= 4 is 17.8 Å². The molecular weight excluding hydrogens is 262 g/mol. The molecule has 2 aliphatic heterocycles. The van der Waals surface area contributed by atoms with Crippen molar-refractivity contribution in [2.24, 2.45) is 16.7 Å². The van der Waals surface area contributed by atoms with E-state index in [4.69, 9.17) is 4.74 Å². The highest BCUT2D eigenvalue weighted by molar-refractivity contribution is 6.06. The second-order valence-electron chi connectivity index (χ2n) is 6.57. The number of carbonyl (C=O) groups excluding carboxylic acids is 2. The molecule has 1 N–H and O–H groups in total. The highest BCUT2D eigenvalue weighted by Crippen LogP contribution is 2.44. The molecule has 6 heteroatoms. The lowest BCUT2D eigenvalue weighted by Gasteiger charge is -2.33. The van der Waals surface area contributed by atoms with Gasteiger partial charge >= 0.3 is 5.97 Å². The van der Waals surface area contributed by atoms with E-state index in [1.54, 1.807) is 6.92 Å². The zero-order valence-electron chi connectivity index (χ0n) is 12.3. The zero-order chi connectivity index (χ0) is 15.3. The van der Waals surface area contributed by atoms with Crippen molar-refractivity contribution in [3.63, 3.8) is 0 Å². The Kier molecular flexibility index (Phi) is 3.40. The van der Waals surface area contributed by atoms with Gasteiger partial charge in [-0.1, -0.05) is 13.8 Å². The van der Waals surface area contributed by atoms with Crippen LogP contribution in [-0.4, -0.2) is 47.0 Å². The third kappa shape index (κ3) is 1.85. The third-order valence-electron chi connectivity index (χ3n) is 4.98. The molecule has 3 atom stereocenters. The van der Waals surface area contributed by atoms with Crippen LogP contribution in [0.2, 0.25) is 0 Å². The fraction of sp³-hybridized carbons (Fsp3) is 0.786. The first-order valence-electron chi connectivity index (χ1n) is 6.82. The van der Waals surface area contributed by atoms with Gasteiger partial charge < -0.3 is 9.84 Å². The van der Waals surface area contributed by atoms with E-state index in [-0.39, 0.29) is 37.4 Å². The molecular formula is C14H21NO5. The molecule has 0 aromatic rings. The molecule has 2 saturated heterocycles. The standard InChI is InChI=1S/C14H21NO5/c1-8(2)13(3)5-10(16)15(11(13)17)9-6-20-7-14(9,4)12(18)19/h8-9H,5-7H2,1-4H3,(H,18,19). The van der Waals surface area contributed by atoms with Crippen LogP contribution in [0.15, 0.2) is 0 Å². The monoisotopic (exact) mass is 283 g/mol. The van der Waals surface area contributed by atoms with Crippen molar-refractivity contribution in [1.29, 1.82) is 0 Å². The first-order valence-corrected chi connectivity index (χ1v) is 6.82. The van der Waals surface area contributed by atoms with Crippen LogP contribution in [0, 0.1) is 16.7 Å². The Balaban J connectivity index is 2.37. The number of amides is 2. The van der Waals surface area contributed by atoms with E-state index in [2.05, 4.69) is 0 Å². The Labute approximate surface area is 118 Å². The van der Waals surface area contributed by atoms with Gasteiger partial charge in [0.15, 0.2) is 0 Å². The number of aliphatic carboxylic acids is 1. The molecule has 2 fully saturated rings. The van der Waals surface area contributed by atoms with Gasteiger partial charge in [0.1, 0.15) is 5.41 Å². The number of hydrogen-bond donors (Lipinski definition) is 1. The van der Waals surface area contributed by atoms with Crippen LogP contribution in [-0.2, 0) is 19.1 Å². The zero-order valence-corrected chi connectivity index (χ0v) is 12.3. The molecule has 0 radical (unpaired) electrons. The maximum absolute atomic E-state index is 12.6. The van der Waals surface area contributed by atoms with Gasteiger partial charge in [-0.3, -0.25) is 19.3 Å². The molecule has 2 amide bonds. The Morgan fingerprint density at radius 3 is 2.45 bits per heavy atom. The lowest BCUT2D eigenvalue weighted by atomic mass is 9.77. The number of carboxylic acids is 1. The van der Waals surface area contributed by atoms with Crippen molar-refractivity contribution in [3.8, 4) is 0 Å². The van der Waals surface area contributed by atoms with Crippen molar-refractivity contribution < 1.29 is 24.2 Å². The van der Waals surface area contributed by atoms with Crippen LogP contribution in [0.1, 0.15) is 34.1 Å². The van der Waals surface area contributed by atoms with E-state index < -0.39 is 22.8 Å². The molecule has 0 saturated carbocycles. The van der Waals surface area contributed by atoms with Gasteiger partial charge in [0.25, 0.3) is 0 Å². The number of hydrogen-bond acceptors (Lipinski definition) is 4. The van der Waals surface area contributed by atoms with E-state index in [1.807, 2.05) is 13.8 Å². The number of likely N-dealkylation sites (tertiary alicyclic amines) is 1. The van der Waals surface area contributed by atoms with Crippen molar-refractivity contribution in [3.05, 3.63) is 0 Å². The van der Waals surface area contributed by atoms with Gasteiger partial charge in [0.2, 0.25) is 11.8 Å². The SMILES string of the molecule is CC(C)C1(C)CC(=O)N(C2COCC2(C)C(=O)O)C1=O. The summed E-state index contributed by atoms with van der Waals surface area (Å²) in [6.07, 6.45) is 0.135. The van der Waals surface area contributed by atoms with Crippen LogP contribution in [0.3, 0.4) is 0 Å². The minimum Gasteiger partial charge on any atom is -0.481 e. The minimum absolute atomic E-state index is 0.0161. The summed E-state index contributed by atoms with van der Waals surface area (Å²) in [4.78, 5) is 37.5. The maximum Gasteiger partial charge on any atom is 0.313 e. The molecule has 0 aromatic carbocycles. The quantitative estimate of drug-likeness (QED) is 0.778. The predicted octanol–water partition coefficient (Wildman–Crippen LogP) is 0.897. The Bertz CT molecular complexity index is 474. The number of nitrogens with zero attached hydrogens (tertiary/aromatic N) is 1. The molecule has 3 unspecified atom stereocenters.